The number of methoxy groups -OCH3 is 2. The lowest BCUT2D eigenvalue weighted by Crippen LogP contribution is -2.50. The summed E-state index contributed by atoms with van der Waals surface area (Å²) in [5.74, 6) is -0.144. The number of hydrogen-bond acceptors (Lipinski definition) is 5. The van der Waals surface area contributed by atoms with Gasteiger partial charge in [0.05, 0.1) is 32.2 Å². The second kappa shape index (κ2) is 9.80. The lowest BCUT2D eigenvalue weighted by molar-refractivity contribution is -0.122. The van der Waals surface area contributed by atoms with Crippen LogP contribution in [0.15, 0.2) is 42.5 Å². The molecule has 164 valence electrons. The molecule has 0 aliphatic carbocycles. The zero-order chi connectivity index (χ0) is 22.5. The van der Waals surface area contributed by atoms with Gasteiger partial charge in [-0.2, -0.15) is 0 Å². The molecule has 0 saturated heterocycles. The molecule has 0 fully saturated rings. The number of ether oxygens (including phenoxy) is 2. The van der Waals surface area contributed by atoms with E-state index in [-0.39, 0.29) is 12.1 Å². The summed E-state index contributed by atoms with van der Waals surface area (Å²) in [5.41, 5.74) is 0.491. The van der Waals surface area contributed by atoms with Gasteiger partial charge in [0.15, 0.2) is 0 Å². The lowest BCUT2D eigenvalue weighted by atomic mass is 10.1. The summed E-state index contributed by atoms with van der Waals surface area (Å²) < 4.78 is 50.7. The average molecular weight is 439 g/mol. The molecule has 2 aromatic rings. The molecule has 2 rings (SSSR count). The third kappa shape index (κ3) is 5.21. The fraction of sp³-hybridized carbons (Fsp3) is 0.381. The summed E-state index contributed by atoms with van der Waals surface area (Å²) in [6.07, 6.45) is 1.10. The van der Waals surface area contributed by atoms with Crippen LogP contribution in [0.25, 0.3) is 0 Å². The Labute approximate surface area is 176 Å². The second-order valence-corrected chi connectivity index (χ2v) is 8.63. The molecule has 7 nitrogen and oxygen atoms in total. The van der Waals surface area contributed by atoms with Crippen LogP contribution in [-0.2, 0) is 14.8 Å². The van der Waals surface area contributed by atoms with Gasteiger partial charge in [0.2, 0.25) is 15.9 Å². The van der Waals surface area contributed by atoms with Gasteiger partial charge >= 0.3 is 0 Å². The number of carbonyl (C=O) groups is 1. The molecule has 0 heterocycles. The number of para-hydroxylation sites is 1. The molecule has 0 unspecified atom stereocenters. The summed E-state index contributed by atoms with van der Waals surface area (Å²) >= 11 is 0. The van der Waals surface area contributed by atoms with E-state index in [2.05, 4.69) is 5.32 Å². The Morgan fingerprint density at radius 2 is 1.83 bits per heavy atom. The molecule has 0 radical (unpaired) electrons. The van der Waals surface area contributed by atoms with Crippen molar-refractivity contribution in [2.75, 3.05) is 24.8 Å². The van der Waals surface area contributed by atoms with Gasteiger partial charge in [-0.15, -0.1) is 0 Å². The Balaban J connectivity index is 2.38. The van der Waals surface area contributed by atoms with Crippen molar-refractivity contribution < 1.29 is 27.1 Å². The predicted molar refractivity (Wildman–Crippen MR) is 114 cm³/mol. The zero-order valence-corrected chi connectivity index (χ0v) is 18.5. The van der Waals surface area contributed by atoms with E-state index in [1.807, 2.05) is 0 Å². The van der Waals surface area contributed by atoms with Crippen molar-refractivity contribution in [2.45, 2.75) is 32.4 Å². The molecule has 0 bridgehead atoms. The Hall–Kier alpha value is -2.81. The monoisotopic (exact) mass is 438 g/mol. The number of halogens is 1. The first kappa shape index (κ1) is 23.5. The molecule has 2 aromatic carbocycles. The number of anilines is 1. The number of hydrogen-bond donors (Lipinski definition) is 1. The van der Waals surface area contributed by atoms with Crippen LogP contribution in [-0.4, -0.2) is 40.8 Å². The van der Waals surface area contributed by atoms with Crippen molar-refractivity contribution in [3.8, 4) is 11.5 Å². The van der Waals surface area contributed by atoms with Crippen LogP contribution in [0.5, 0.6) is 11.5 Å². The Morgan fingerprint density at radius 1 is 1.17 bits per heavy atom. The van der Waals surface area contributed by atoms with E-state index < -0.39 is 33.8 Å². The molecule has 0 aliphatic heterocycles. The highest BCUT2D eigenvalue weighted by atomic mass is 32.2. The van der Waals surface area contributed by atoms with E-state index >= 15 is 0 Å². The molecule has 0 spiro atoms. The number of amides is 1. The minimum absolute atomic E-state index is 0.148. The van der Waals surface area contributed by atoms with Gasteiger partial charge in [0.25, 0.3) is 0 Å². The van der Waals surface area contributed by atoms with Crippen molar-refractivity contribution in [3.63, 3.8) is 0 Å². The standard InChI is InChI=1S/C21H27FN2O5S/c1-6-18(24(30(5,26)27)19-10-8-7-9-17(19)22)21(25)23-14(2)16-13-15(28-3)11-12-20(16)29-4/h7-14,18H,6H2,1-5H3,(H,23,25)/t14-,18+/m0/s1. The Kier molecular flexibility index (Phi) is 7.66. The first-order valence-corrected chi connectivity index (χ1v) is 11.2. The Morgan fingerprint density at radius 3 is 2.37 bits per heavy atom. The number of benzene rings is 2. The van der Waals surface area contributed by atoms with Crippen LogP contribution >= 0.6 is 0 Å². The molecule has 30 heavy (non-hydrogen) atoms. The van der Waals surface area contributed by atoms with Gasteiger partial charge in [-0.25, -0.2) is 12.8 Å². The fourth-order valence-corrected chi connectivity index (χ4v) is 4.44. The summed E-state index contributed by atoms with van der Waals surface area (Å²) in [6, 6.07) is 9.00. The minimum Gasteiger partial charge on any atom is -0.497 e. The lowest BCUT2D eigenvalue weighted by Gasteiger charge is -2.31. The number of rotatable bonds is 9. The maximum Gasteiger partial charge on any atom is 0.244 e. The van der Waals surface area contributed by atoms with Crippen molar-refractivity contribution in [1.82, 2.24) is 5.32 Å². The fourth-order valence-electron chi connectivity index (χ4n) is 3.23. The van der Waals surface area contributed by atoms with Crippen molar-refractivity contribution in [1.29, 1.82) is 0 Å². The molecular formula is C21H27FN2O5S. The number of carbonyl (C=O) groups excluding carboxylic acids is 1. The highest BCUT2D eigenvalue weighted by molar-refractivity contribution is 7.92. The van der Waals surface area contributed by atoms with Crippen molar-refractivity contribution in [3.05, 3.63) is 53.8 Å². The summed E-state index contributed by atoms with van der Waals surface area (Å²) in [4.78, 5) is 13.1. The number of nitrogens with one attached hydrogen (secondary N) is 1. The predicted octanol–water partition coefficient (Wildman–Crippen LogP) is 3.26. The zero-order valence-electron chi connectivity index (χ0n) is 17.7. The SMILES string of the molecule is CC[C@H](C(=O)N[C@@H](C)c1cc(OC)ccc1OC)N(c1ccccc1F)S(C)(=O)=O. The van der Waals surface area contributed by atoms with Crippen LogP contribution < -0.4 is 19.1 Å². The van der Waals surface area contributed by atoms with Crippen LogP contribution in [0.3, 0.4) is 0 Å². The van der Waals surface area contributed by atoms with Gasteiger partial charge in [0.1, 0.15) is 23.4 Å². The number of nitrogens with zero attached hydrogens (tertiary/aromatic N) is 1. The van der Waals surface area contributed by atoms with E-state index in [0.717, 1.165) is 16.6 Å². The van der Waals surface area contributed by atoms with Crippen LogP contribution in [0.4, 0.5) is 10.1 Å². The van der Waals surface area contributed by atoms with E-state index in [1.54, 1.807) is 32.0 Å². The maximum absolute atomic E-state index is 14.4. The van der Waals surface area contributed by atoms with E-state index in [4.69, 9.17) is 9.47 Å². The minimum atomic E-state index is -3.93. The smallest absolute Gasteiger partial charge is 0.244 e. The summed E-state index contributed by atoms with van der Waals surface area (Å²) in [7, 11) is -0.893. The van der Waals surface area contributed by atoms with E-state index in [0.29, 0.717) is 17.1 Å². The highest BCUT2D eigenvalue weighted by Crippen LogP contribution is 2.30. The van der Waals surface area contributed by atoms with E-state index in [9.17, 15) is 17.6 Å². The number of sulfonamides is 1. The molecular weight excluding hydrogens is 411 g/mol. The quantitative estimate of drug-likeness (QED) is 0.650. The average Bonchev–Trinajstić information content (AvgIpc) is 2.71. The van der Waals surface area contributed by atoms with Gasteiger partial charge < -0.3 is 14.8 Å². The van der Waals surface area contributed by atoms with Gasteiger partial charge in [-0.1, -0.05) is 19.1 Å². The van der Waals surface area contributed by atoms with Gasteiger partial charge in [-0.3, -0.25) is 9.10 Å². The third-order valence-electron chi connectivity index (χ3n) is 4.68. The van der Waals surface area contributed by atoms with Crippen molar-refractivity contribution in [2.24, 2.45) is 0 Å². The van der Waals surface area contributed by atoms with Gasteiger partial charge in [-0.05, 0) is 43.7 Å². The topological polar surface area (TPSA) is 84.9 Å². The van der Waals surface area contributed by atoms with Crippen LogP contribution in [0.2, 0.25) is 0 Å². The Bertz CT molecular complexity index is 997. The summed E-state index contributed by atoms with van der Waals surface area (Å²) in [6.45, 7) is 3.41. The van der Waals surface area contributed by atoms with E-state index in [1.165, 1.54) is 32.4 Å². The van der Waals surface area contributed by atoms with Crippen LogP contribution in [0.1, 0.15) is 31.9 Å². The summed E-state index contributed by atoms with van der Waals surface area (Å²) in [5, 5.41) is 2.81. The molecule has 0 saturated carbocycles. The highest BCUT2D eigenvalue weighted by Gasteiger charge is 2.34. The normalized spacial score (nSPS) is 13.3. The van der Waals surface area contributed by atoms with Gasteiger partial charge in [0, 0.05) is 5.56 Å². The second-order valence-electron chi connectivity index (χ2n) is 6.77. The molecule has 9 heteroatoms. The molecule has 0 aliphatic rings. The first-order chi connectivity index (χ1) is 14.1. The largest absolute Gasteiger partial charge is 0.497 e. The first-order valence-electron chi connectivity index (χ1n) is 9.40. The third-order valence-corrected chi connectivity index (χ3v) is 5.85. The molecule has 0 aromatic heterocycles. The van der Waals surface area contributed by atoms with Crippen molar-refractivity contribution >= 4 is 21.6 Å². The molecule has 1 N–H and O–H groups in total. The maximum atomic E-state index is 14.4. The van der Waals surface area contributed by atoms with Crippen LogP contribution in [0, 0.1) is 5.82 Å². The molecule has 2 atom stereocenters. The molecule has 1 amide bonds.